The van der Waals surface area contributed by atoms with Gasteiger partial charge in [0.25, 0.3) is 0 Å². The molecule has 0 radical (unpaired) electrons. The molecule has 0 amide bonds. The van der Waals surface area contributed by atoms with Crippen molar-refractivity contribution in [2.45, 2.75) is 105 Å². The molecular weight excluding hydrogens is 448 g/mol. The summed E-state index contributed by atoms with van der Waals surface area (Å²) in [6.45, 7) is 27.9. The first-order chi connectivity index (χ1) is 17.4. The van der Waals surface area contributed by atoms with Crippen molar-refractivity contribution in [2.75, 3.05) is 52.5 Å². The van der Waals surface area contributed by atoms with Crippen LogP contribution in [0.4, 0.5) is 0 Å². The Morgan fingerprint density at radius 1 is 0.556 bits per heavy atom. The molecule has 0 aliphatic rings. The first-order valence-corrected chi connectivity index (χ1v) is 14.6. The number of rotatable bonds is 26. The van der Waals surface area contributed by atoms with Crippen molar-refractivity contribution in [1.29, 1.82) is 0 Å². The zero-order chi connectivity index (χ0) is 27.0. The maximum atomic E-state index is 11.8. The maximum Gasteiger partial charge on any atom is 0.307 e. The summed E-state index contributed by atoms with van der Waals surface area (Å²) in [4.78, 5) is 16.8. The van der Waals surface area contributed by atoms with Crippen molar-refractivity contribution in [1.82, 2.24) is 9.80 Å². The van der Waals surface area contributed by atoms with Crippen LogP contribution in [0.15, 0.2) is 36.6 Å². The Morgan fingerprint density at radius 2 is 1.00 bits per heavy atom. The zero-order valence-corrected chi connectivity index (χ0v) is 24.4. The van der Waals surface area contributed by atoms with Gasteiger partial charge in [0.15, 0.2) is 0 Å². The summed E-state index contributed by atoms with van der Waals surface area (Å²) in [6, 6.07) is 0. The van der Waals surface area contributed by atoms with Crippen LogP contribution in [0, 0.1) is 0 Å². The van der Waals surface area contributed by atoms with E-state index in [4.69, 9.17) is 9.47 Å². The van der Waals surface area contributed by atoms with Gasteiger partial charge in [-0.2, -0.15) is 0 Å². The molecule has 0 spiro atoms. The van der Waals surface area contributed by atoms with Crippen LogP contribution < -0.4 is 0 Å². The monoisotopic (exact) mass is 506 g/mol. The number of nitrogens with zero attached hydrogens (tertiary/aromatic N) is 2. The van der Waals surface area contributed by atoms with E-state index < -0.39 is 0 Å². The number of hydrogen-bond acceptors (Lipinski definition) is 5. The van der Waals surface area contributed by atoms with E-state index in [1.807, 2.05) is 13.8 Å². The summed E-state index contributed by atoms with van der Waals surface area (Å²) >= 11 is 0. The normalized spacial score (nSPS) is 11.2. The highest BCUT2D eigenvalue weighted by Gasteiger charge is 2.11. The highest BCUT2D eigenvalue weighted by molar-refractivity contribution is 5.69. The Kier molecular flexibility index (Phi) is 22.7. The fourth-order valence-corrected chi connectivity index (χ4v) is 4.33. The Labute approximate surface area is 224 Å². The summed E-state index contributed by atoms with van der Waals surface area (Å²) in [5.74, 6) is 0.705. The van der Waals surface area contributed by atoms with Gasteiger partial charge in [0.2, 0.25) is 0 Å². The molecule has 0 saturated heterocycles. The molecule has 0 heterocycles. The predicted molar refractivity (Wildman–Crippen MR) is 155 cm³/mol. The molecule has 0 rings (SSSR count). The molecule has 36 heavy (non-hydrogen) atoms. The second kappa shape index (κ2) is 23.8. The lowest BCUT2D eigenvalue weighted by atomic mass is 10.1. The molecule has 0 saturated carbocycles. The quantitative estimate of drug-likeness (QED) is 0.0525. The van der Waals surface area contributed by atoms with Crippen LogP contribution in [0.2, 0.25) is 0 Å². The summed E-state index contributed by atoms with van der Waals surface area (Å²) < 4.78 is 10.6. The first kappa shape index (κ1) is 34.4. The third kappa shape index (κ3) is 20.6. The molecule has 0 atom stereocenters. The second-order valence-electron chi connectivity index (χ2n) is 9.87. The molecule has 5 heteroatoms. The number of hydrogen-bond donors (Lipinski definition) is 0. The lowest BCUT2D eigenvalue weighted by Crippen LogP contribution is -2.29. The number of esters is 1. The van der Waals surface area contributed by atoms with E-state index >= 15 is 0 Å². The van der Waals surface area contributed by atoms with E-state index in [0.29, 0.717) is 19.6 Å². The third-order valence-corrected chi connectivity index (χ3v) is 6.46. The minimum atomic E-state index is -0.116. The minimum Gasteiger partial charge on any atom is -0.499 e. The topological polar surface area (TPSA) is 42.0 Å². The Morgan fingerprint density at radius 3 is 1.44 bits per heavy atom. The first-order valence-electron chi connectivity index (χ1n) is 14.6. The molecule has 0 bridgehead atoms. The van der Waals surface area contributed by atoms with Crippen molar-refractivity contribution in [2.24, 2.45) is 0 Å². The smallest absolute Gasteiger partial charge is 0.307 e. The van der Waals surface area contributed by atoms with Crippen molar-refractivity contribution >= 4 is 5.97 Å². The van der Waals surface area contributed by atoms with E-state index in [2.05, 4.69) is 43.4 Å². The van der Waals surface area contributed by atoms with E-state index in [9.17, 15) is 4.79 Å². The van der Waals surface area contributed by atoms with Crippen LogP contribution in [-0.4, -0.2) is 68.3 Å². The average Bonchev–Trinajstić information content (AvgIpc) is 2.84. The fourth-order valence-electron chi connectivity index (χ4n) is 4.33. The molecule has 0 aromatic rings. The minimum absolute atomic E-state index is 0.116. The highest BCUT2D eigenvalue weighted by atomic mass is 16.5. The van der Waals surface area contributed by atoms with Gasteiger partial charge in [0.05, 0.1) is 25.4 Å². The van der Waals surface area contributed by atoms with Gasteiger partial charge in [-0.15, -0.1) is 0 Å². The standard InChI is InChI=1S/C31H58N2O3/c1-8-16-28(5)18-24-32(25-19-29(6)17-9-2)22-14-12-13-15-23-33(26-20-30(7)35-10-3)27-21-31(34)36-11-4/h5-27H2,1-4H3. The van der Waals surface area contributed by atoms with Crippen LogP contribution in [0.5, 0.6) is 0 Å². The van der Waals surface area contributed by atoms with Gasteiger partial charge in [-0.1, -0.05) is 70.4 Å². The molecular formula is C31H58N2O3. The molecule has 5 nitrogen and oxygen atoms in total. The summed E-state index contributed by atoms with van der Waals surface area (Å²) in [7, 11) is 0. The molecule has 0 fully saturated rings. The van der Waals surface area contributed by atoms with Gasteiger partial charge in [0, 0.05) is 32.6 Å². The van der Waals surface area contributed by atoms with Gasteiger partial charge < -0.3 is 19.3 Å². The van der Waals surface area contributed by atoms with E-state index in [-0.39, 0.29) is 5.97 Å². The Balaban J connectivity index is 4.46. The highest BCUT2D eigenvalue weighted by Crippen LogP contribution is 2.13. The Bertz CT molecular complexity index is 507. The third-order valence-electron chi connectivity index (χ3n) is 6.46. The molecule has 0 aromatic carbocycles. The summed E-state index contributed by atoms with van der Waals surface area (Å²) in [5, 5.41) is 0. The van der Waals surface area contributed by atoms with Crippen molar-refractivity contribution < 1.29 is 14.3 Å². The van der Waals surface area contributed by atoms with Crippen LogP contribution in [0.1, 0.15) is 105 Å². The number of carbonyl (C=O) groups is 1. The summed E-state index contributed by atoms with van der Waals surface area (Å²) in [5.41, 5.74) is 2.76. The van der Waals surface area contributed by atoms with Crippen LogP contribution in [-0.2, 0) is 14.3 Å². The predicted octanol–water partition coefficient (Wildman–Crippen LogP) is 7.54. The molecule has 0 N–H and O–H groups in total. The van der Waals surface area contributed by atoms with Gasteiger partial charge in [0.1, 0.15) is 0 Å². The largest absolute Gasteiger partial charge is 0.499 e. The lowest BCUT2D eigenvalue weighted by molar-refractivity contribution is -0.143. The molecule has 0 aliphatic heterocycles. The van der Waals surface area contributed by atoms with Gasteiger partial charge in [-0.05, 0) is 65.5 Å². The number of carbonyl (C=O) groups excluding carboxylic acids is 1. The SMILES string of the molecule is C=C(CCC)CCN(CCCCCCN(CCC(=C)OCC)CCC(=O)OCC)CCC(=C)CCC. The van der Waals surface area contributed by atoms with Crippen molar-refractivity contribution in [3.8, 4) is 0 Å². The zero-order valence-electron chi connectivity index (χ0n) is 24.4. The number of ether oxygens (including phenoxy) is 2. The van der Waals surface area contributed by atoms with Gasteiger partial charge in [-0.25, -0.2) is 0 Å². The summed E-state index contributed by atoms with van der Waals surface area (Å²) in [6.07, 6.45) is 12.9. The van der Waals surface area contributed by atoms with Crippen LogP contribution in [0.3, 0.4) is 0 Å². The molecule has 0 aromatic heterocycles. The van der Waals surface area contributed by atoms with Crippen LogP contribution >= 0.6 is 0 Å². The lowest BCUT2D eigenvalue weighted by Gasteiger charge is -2.24. The van der Waals surface area contributed by atoms with Crippen molar-refractivity contribution in [3.05, 3.63) is 36.6 Å². The van der Waals surface area contributed by atoms with E-state index in [1.165, 1.54) is 43.3 Å². The molecule has 0 unspecified atom stereocenters. The van der Waals surface area contributed by atoms with E-state index in [0.717, 1.165) is 83.6 Å². The van der Waals surface area contributed by atoms with E-state index in [1.54, 1.807) is 0 Å². The maximum absolute atomic E-state index is 11.8. The molecule has 0 aliphatic carbocycles. The van der Waals surface area contributed by atoms with Gasteiger partial charge >= 0.3 is 5.97 Å². The molecule has 210 valence electrons. The fraction of sp³-hybridized carbons (Fsp3) is 0.774. The average molecular weight is 507 g/mol. The Hall–Kier alpha value is -1.59. The van der Waals surface area contributed by atoms with Crippen LogP contribution in [0.25, 0.3) is 0 Å². The number of unbranched alkanes of at least 4 members (excludes halogenated alkanes) is 3. The second-order valence-corrected chi connectivity index (χ2v) is 9.87. The van der Waals surface area contributed by atoms with Gasteiger partial charge in [-0.3, -0.25) is 4.79 Å². The van der Waals surface area contributed by atoms with Crippen molar-refractivity contribution in [3.63, 3.8) is 0 Å².